The molecule has 0 aliphatic rings. The number of anilines is 1. The summed E-state index contributed by atoms with van der Waals surface area (Å²) in [7, 11) is 0. The summed E-state index contributed by atoms with van der Waals surface area (Å²) < 4.78 is 1.77. The second kappa shape index (κ2) is 11.5. The van der Waals surface area contributed by atoms with Crippen molar-refractivity contribution in [3.63, 3.8) is 0 Å². The highest BCUT2D eigenvalue weighted by Crippen LogP contribution is 2.26. The second-order valence-electron chi connectivity index (χ2n) is 10.9. The third-order valence-corrected chi connectivity index (χ3v) is 6.20. The lowest BCUT2D eigenvalue weighted by molar-refractivity contribution is -0.117. The number of amides is 2. The zero-order chi connectivity index (χ0) is 26.5. The quantitative estimate of drug-likeness (QED) is 0.392. The molecule has 0 bridgehead atoms. The molecule has 0 unspecified atom stereocenters. The molecule has 6 nitrogen and oxygen atoms in total. The van der Waals surface area contributed by atoms with E-state index in [2.05, 4.69) is 46.9 Å². The van der Waals surface area contributed by atoms with Crippen molar-refractivity contribution in [1.29, 1.82) is 0 Å². The summed E-state index contributed by atoms with van der Waals surface area (Å²) in [5.41, 5.74) is 4.46. The van der Waals surface area contributed by atoms with Crippen LogP contribution in [0.3, 0.4) is 0 Å². The molecule has 0 aliphatic heterocycles. The summed E-state index contributed by atoms with van der Waals surface area (Å²) in [6, 6.07) is 17.6. The molecule has 6 heteroatoms. The highest BCUT2D eigenvalue weighted by molar-refractivity contribution is 5.99. The van der Waals surface area contributed by atoms with Crippen LogP contribution in [0.1, 0.15) is 75.1 Å². The Morgan fingerprint density at radius 3 is 2.33 bits per heavy atom. The highest BCUT2D eigenvalue weighted by atomic mass is 16.2. The molecule has 36 heavy (non-hydrogen) atoms. The van der Waals surface area contributed by atoms with Gasteiger partial charge in [0.2, 0.25) is 5.91 Å². The maximum absolute atomic E-state index is 13.3. The first kappa shape index (κ1) is 27.2. The molecule has 192 valence electrons. The zero-order valence-electron chi connectivity index (χ0n) is 22.8. The largest absolute Gasteiger partial charge is 0.329 e. The average Bonchev–Trinajstić information content (AvgIpc) is 3.25. The molecule has 1 N–H and O–H groups in total. The normalized spacial score (nSPS) is 11.6. The molecule has 3 aromatic rings. The van der Waals surface area contributed by atoms with Crippen molar-refractivity contribution in [2.24, 2.45) is 5.92 Å². The Hall–Kier alpha value is -3.41. The molecule has 3 rings (SSSR count). The molecule has 2 amide bonds. The van der Waals surface area contributed by atoms with Crippen LogP contribution < -0.4 is 5.32 Å². The summed E-state index contributed by atoms with van der Waals surface area (Å²) in [6.07, 6.45) is 1.74. The van der Waals surface area contributed by atoms with Gasteiger partial charge in [-0.05, 0) is 61.1 Å². The van der Waals surface area contributed by atoms with Gasteiger partial charge in [-0.25, -0.2) is 4.68 Å². The zero-order valence-corrected chi connectivity index (χ0v) is 22.8. The number of carbonyl (C=O) groups is 2. The van der Waals surface area contributed by atoms with Crippen LogP contribution in [-0.4, -0.2) is 39.6 Å². The number of rotatable bonds is 9. The fourth-order valence-electron chi connectivity index (χ4n) is 3.88. The van der Waals surface area contributed by atoms with Crippen molar-refractivity contribution in [2.75, 3.05) is 18.4 Å². The molecular weight excluding hydrogens is 448 g/mol. The molecular formula is C30H40N4O2. The Balaban J connectivity index is 1.86. The molecule has 0 spiro atoms. The van der Waals surface area contributed by atoms with Gasteiger partial charge in [0, 0.05) is 23.6 Å². The minimum atomic E-state index is -0.244. The monoisotopic (exact) mass is 488 g/mol. The lowest BCUT2D eigenvalue weighted by Crippen LogP contribution is -2.39. The Kier molecular flexibility index (Phi) is 8.72. The molecule has 2 aromatic carbocycles. The number of carbonyl (C=O) groups excluding carboxylic acids is 2. The van der Waals surface area contributed by atoms with E-state index in [0.717, 1.165) is 29.8 Å². The van der Waals surface area contributed by atoms with Gasteiger partial charge in [0.1, 0.15) is 12.4 Å². The molecule has 0 saturated heterocycles. The SMILES string of the molecule is CCc1ccc(C(=O)N(CCC(C)C)CC(=O)Nc2cc(C(C)(C)C)nn2-c2cccc(C)c2)cc1. The van der Waals surface area contributed by atoms with E-state index in [9.17, 15) is 9.59 Å². The van der Waals surface area contributed by atoms with Crippen molar-refractivity contribution >= 4 is 17.6 Å². The summed E-state index contributed by atoms with van der Waals surface area (Å²) >= 11 is 0. The van der Waals surface area contributed by atoms with E-state index in [1.54, 1.807) is 9.58 Å². The summed E-state index contributed by atoms with van der Waals surface area (Å²) in [5.74, 6) is 0.643. The lowest BCUT2D eigenvalue weighted by Gasteiger charge is -2.23. The van der Waals surface area contributed by atoms with Crippen LogP contribution in [0.15, 0.2) is 54.6 Å². The van der Waals surface area contributed by atoms with Crippen LogP contribution in [0.4, 0.5) is 5.82 Å². The van der Waals surface area contributed by atoms with Crippen molar-refractivity contribution in [2.45, 2.75) is 66.7 Å². The predicted octanol–water partition coefficient (Wildman–Crippen LogP) is 6.17. The van der Waals surface area contributed by atoms with Gasteiger partial charge in [-0.2, -0.15) is 5.10 Å². The predicted molar refractivity (Wildman–Crippen MR) is 147 cm³/mol. The van der Waals surface area contributed by atoms with Crippen molar-refractivity contribution in [3.8, 4) is 5.69 Å². The Labute approximate surface area is 215 Å². The van der Waals surface area contributed by atoms with Crippen LogP contribution >= 0.6 is 0 Å². The molecule has 1 heterocycles. The summed E-state index contributed by atoms with van der Waals surface area (Å²) in [5, 5.41) is 7.84. The molecule has 0 radical (unpaired) electrons. The van der Waals surface area contributed by atoms with E-state index >= 15 is 0 Å². The number of aromatic nitrogens is 2. The number of aryl methyl sites for hydroxylation is 2. The number of nitrogens with zero attached hydrogens (tertiary/aromatic N) is 3. The van der Waals surface area contributed by atoms with Crippen LogP contribution in [-0.2, 0) is 16.6 Å². The van der Waals surface area contributed by atoms with Gasteiger partial charge in [0.05, 0.1) is 11.4 Å². The maximum atomic E-state index is 13.3. The van der Waals surface area contributed by atoms with E-state index in [0.29, 0.717) is 23.8 Å². The second-order valence-corrected chi connectivity index (χ2v) is 10.9. The molecule has 0 saturated carbocycles. The van der Waals surface area contributed by atoms with Gasteiger partial charge in [0.15, 0.2) is 0 Å². The van der Waals surface area contributed by atoms with Crippen LogP contribution in [0.5, 0.6) is 0 Å². The van der Waals surface area contributed by atoms with E-state index in [-0.39, 0.29) is 23.8 Å². The van der Waals surface area contributed by atoms with Gasteiger partial charge < -0.3 is 10.2 Å². The molecule has 0 fully saturated rings. The number of benzene rings is 2. The van der Waals surface area contributed by atoms with Crippen molar-refractivity contribution < 1.29 is 9.59 Å². The van der Waals surface area contributed by atoms with Gasteiger partial charge in [0.25, 0.3) is 5.91 Å². The Morgan fingerprint density at radius 2 is 1.75 bits per heavy atom. The Bertz CT molecular complexity index is 1190. The topological polar surface area (TPSA) is 67.2 Å². The van der Waals surface area contributed by atoms with E-state index in [1.165, 1.54) is 5.56 Å². The number of hydrogen-bond donors (Lipinski definition) is 1. The minimum absolute atomic E-state index is 0.0229. The molecule has 1 aromatic heterocycles. The average molecular weight is 489 g/mol. The van der Waals surface area contributed by atoms with E-state index < -0.39 is 0 Å². The van der Waals surface area contributed by atoms with E-state index in [1.807, 2.05) is 61.5 Å². The first-order chi connectivity index (χ1) is 17.0. The fraction of sp³-hybridized carbons (Fsp3) is 0.433. The third-order valence-electron chi connectivity index (χ3n) is 6.20. The highest BCUT2D eigenvalue weighted by Gasteiger charge is 2.24. The van der Waals surface area contributed by atoms with Gasteiger partial charge in [-0.15, -0.1) is 0 Å². The summed E-state index contributed by atoms with van der Waals surface area (Å²) in [4.78, 5) is 28.2. The first-order valence-corrected chi connectivity index (χ1v) is 12.8. The van der Waals surface area contributed by atoms with E-state index in [4.69, 9.17) is 5.10 Å². The standard InChI is InChI=1S/C30H40N4O2/c1-8-23-12-14-24(15-13-23)29(36)33(17-16-21(2)3)20-28(35)31-27-19-26(30(5,6)7)32-34(27)25-11-9-10-22(4)18-25/h9-15,18-19,21H,8,16-17,20H2,1-7H3,(H,31,35). The fourth-order valence-corrected chi connectivity index (χ4v) is 3.88. The lowest BCUT2D eigenvalue weighted by atomic mass is 9.92. The van der Waals surface area contributed by atoms with Gasteiger partial charge in [-0.3, -0.25) is 9.59 Å². The van der Waals surface area contributed by atoms with Crippen LogP contribution in [0, 0.1) is 12.8 Å². The number of hydrogen-bond acceptors (Lipinski definition) is 3. The van der Waals surface area contributed by atoms with Crippen LogP contribution in [0.2, 0.25) is 0 Å². The number of nitrogens with one attached hydrogen (secondary N) is 1. The van der Waals surface area contributed by atoms with Crippen LogP contribution in [0.25, 0.3) is 5.69 Å². The maximum Gasteiger partial charge on any atom is 0.254 e. The first-order valence-electron chi connectivity index (χ1n) is 12.8. The minimum Gasteiger partial charge on any atom is -0.329 e. The molecule has 0 atom stereocenters. The van der Waals surface area contributed by atoms with Crippen molar-refractivity contribution in [3.05, 3.63) is 77.0 Å². The third kappa shape index (κ3) is 7.06. The summed E-state index contributed by atoms with van der Waals surface area (Å²) in [6.45, 7) is 15.1. The van der Waals surface area contributed by atoms with Gasteiger partial charge >= 0.3 is 0 Å². The Morgan fingerprint density at radius 1 is 1.06 bits per heavy atom. The molecule has 0 aliphatic carbocycles. The smallest absolute Gasteiger partial charge is 0.254 e. The van der Waals surface area contributed by atoms with Crippen molar-refractivity contribution in [1.82, 2.24) is 14.7 Å². The van der Waals surface area contributed by atoms with Gasteiger partial charge in [-0.1, -0.05) is 65.8 Å².